The molecule has 0 amide bonds. The summed E-state index contributed by atoms with van der Waals surface area (Å²) in [5.74, 6) is 0. The zero-order valence-corrected chi connectivity index (χ0v) is 10.7. The Morgan fingerprint density at radius 2 is 1.62 bits per heavy atom. The molecular weight excluding hydrogens is 205 g/mol. The van der Waals surface area contributed by atoms with Gasteiger partial charge in [-0.15, -0.1) is 0 Å². The Balaban J connectivity index is 0. The molecule has 3 N–H and O–H groups in total. The van der Waals surface area contributed by atoms with Crippen LogP contribution >= 0.6 is 0 Å². The van der Waals surface area contributed by atoms with Gasteiger partial charge in [0, 0.05) is 6.42 Å². The van der Waals surface area contributed by atoms with E-state index in [4.69, 9.17) is 0 Å². The van der Waals surface area contributed by atoms with Crippen LogP contribution in [0.15, 0.2) is 24.3 Å². The number of hydrogen-bond acceptors (Lipinski definition) is 2. The highest BCUT2D eigenvalue weighted by atomic mass is 19.1. The third kappa shape index (κ3) is 7.37. The topological polar surface area (TPSA) is 46.2 Å². The number of aliphatic hydroxyl groups excluding tert-OH is 1. The molecular formula is C13H24FNO. The fourth-order valence-electron chi connectivity index (χ4n) is 1.06. The third-order valence-electron chi connectivity index (χ3n) is 1.84. The number of hydrogen-bond donors (Lipinski definition) is 2. The molecule has 0 aromatic heterocycles. The van der Waals surface area contributed by atoms with Gasteiger partial charge < -0.3 is 10.8 Å². The smallest absolute Gasteiger partial charge is 0.0922 e. The molecule has 0 aliphatic rings. The Bertz CT molecular complexity index is 236. The molecule has 94 valence electrons. The van der Waals surface area contributed by atoms with Crippen LogP contribution in [0.25, 0.3) is 0 Å². The summed E-state index contributed by atoms with van der Waals surface area (Å²) in [5, 5.41) is 9.37. The second-order valence-corrected chi connectivity index (χ2v) is 2.90. The van der Waals surface area contributed by atoms with Crippen LogP contribution in [-0.2, 0) is 0 Å². The molecule has 2 nitrogen and oxygen atoms in total. The zero-order chi connectivity index (χ0) is 13.0. The van der Waals surface area contributed by atoms with Crippen LogP contribution in [0.1, 0.15) is 37.5 Å². The van der Waals surface area contributed by atoms with E-state index in [0.717, 1.165) is 11.1 Å². The average Bonchev–Trinajstić information content (AvgIpc) is 2.35. The number of aryl methyl sites for hydroxylation is 1. The first-order valence-electron chi connectivity index (χ1n) is 5.62. The van der Waals surface area contributed by atoms with E-state index in [2.05, 4.69) is 5.73 Å². The summed E-state index contributed by atoms with van der Waals surface area (Å²) in [6.07, 6.45) is -0.473. The van der Waals surface area contributed by atoms with Crippen molar-refractivity contribution >= 4 is 0 Å². The maximum absolute atomic E-state index is 11.8. The van der Waals surface area contributed by atoms with Crippen molar-refractivity contribution in [1.82, 2.24) is 0 Å². The van der Waals surface area contributed by atoms with Crippen molar-refractivity contribution in [3.05, 3.63) is 35.4 Å². The number of alkyl halides is 1. The fourth-order valence-corrected chi connectivity index (χ4v) is 1.06. The van der Waals surface area contributed by atoms with Gasteiger partial charge in [-0.2, -0.15) is 0 Å². The Labute approximate surface area is 98.3 Å². The molecule has 0 heterocycles. The molecule has 1 unspecified atom stereocenters. The van der Waals surface area contributed by atoms with Crippen LogP contribution in [0.4, 0.5) is 4.39 Å². The van der Waals surface area contributed by atoms with E-state index in [1.165, 1.54) is 7.05 Å². The Morgan fingerprint density at radius 3 is 2.00 bits per heavy atom. The highest BCUT2D eigenvalue weighted by molar-refractivity contribution is 5.22. The van der Waals surface area contributed by atoms with Crippen LogP contribution in [0.5, 0.6) is 0 Å². The van der Waals surface area contributed by atoms with E-state index in [-0.39, 0.29) is 6.42 Å². The molecule has 0 saturated carbocycles. The molecule has 0 fully saturated rings. The first kappa shape index (κ1) is 17.5. The summed E-state index contributed by atoms with van der Waals surface area (Å²) in [7, 11) is 1.50. The van der Waals surface area contributed by atoms with Crippen LogP contribution in [0.2, 0.25) is 0 Å². The molecule has 1 aromatic carbocycles. The van der Waals surface area contributed by atoms with E-state index < -0.39 is 12.8 Å². The number of rotatable bonds is 3. The summed E-state index contributed by atoms with van der Waals surface area (Å²) in [5.41, 5.74) is 6.43. The van der Waals surface area contributed by atoms with Gasteiger partial charge in [0.25, 0.3) is 0 Å². The molecule has 0 aliphatic carbocycles. The lowest BCUT2D eigenvalue weighted by Crippen LogP contribution is -1.97. The SMILES string of the molecule is CC.CN.Cc1ccc(C(O)CCF)cc1. The van der Waals surface area contributed by atoms with Gasteiger partial charge in [-0.3, -0.25) is 4.39 Å². The number of nitrogens with two attached hydrogens (primary N) is 1. The molecule has 0 radical (unpaired) electrons. The maximum Gasteiger partial charge on any atom is 0.0922 e. The molecule has 16 heavy (non-hydrogen) atoms. The van der Waals surface area contributed by atoms with Crippen molar-refractivity contribution in [3.63, 3.8) is 0 Å². The molecule has 0 spiro atoms. The lowest BCUT2D eigenvalue weighted by molar-refractivity contribution is 0.156. The maximum atomic E-state index is 11.8. The average molecular weight is 229 g/mol. The van der Waals surface area contributed by atoms with Gasteiger partial charge in [-0.05, 0) is 19.5 Å². The lowest BCUT2D eigenvalue weighted by atomic mass is 10.1. The van der Waals surface area contributed by atoms with E-state index in [9.17, 15) is 9.50 Å². The second-order valence-electron chi connectivity index (χ2n) is 2.90. The molecule has 0 aliphatic heterocycles. The summed E-state index contributed by atoms with van der Waals surface area (Å²) >= 11 is 0. The minimum absolute atomic E-state index is 0.184. The van der Waals surface area contributed by atoms with Gasteiger partial charge in [0.05, 0.1) is 12.8 Å². The summed E-state index contributed by atoms with van der Waals surface area (Å²) in [4.78, 5) is 0. The lowest BCUT2D eigenvalue weighted by Gasteiger charge is -2.08. The van der Waals surface area contributed by atoms with Gasteiger partial charge in [-0.25, -0.2) is 0 Å². The van der Waals surface area contributed by atoms with Gasteiger partial charge in [0.15, 0.2) is 0 Å². The van der Waals surface area contributed by atoms with Crippen molar-refractivity contribution in [2.75, 3.05) is 13.7 Å². The van der Waals surface area contributed by atoms with E-state index in [0.29, 0.717) is 0 Å². The Hall–Kier alpha value is -0.930. The summed E-state index contributed by atoms with van der Waals surface area (Å²) < 4.78 is 11.8. The van der Waals surface area contributed by atoms with Crippen LogP contribution in [-0.4, -0.2) is 18.8 Å². The highest BCUT2D eigenvalue weighted by Crippen LogP contribution is 2.16. The number of aliphatic hydroxyl groups is 1. The van der Waals surface area contributed by atoms with Crippen LogP contribution in [0.3, 0.4) is 0 Å². The van der Waals surface area contributed by atoms with E-state index in [1.807, 2.05) is 45.0 Å². The molecule has 1 atom stereocenters. The van der Waals surface area contributed by atoms with Gasteiger partial charge in [-0.1, -0.05) is 43.7 Å². The predicted octanol–water partition coefficient (Wildman–Crippen LogP) is 2.99. The van der Waals surface area contributed by atoms with E-state index >= 15 is 0 Å². The largest absolute Gasteiger partial charge is 0.388 e. The quantitative estimate of drug-likeness (QED) is 0.837. The molecule has 3 heteroatoms. The first-order chi connectivity index (χ1) is 7.74. The summed E-state index contributed by atoms with van der Waals surface area (Å²) in [6.45, 7) is 5.50. The number of benzene rings is 1. The fraction of sp³-hybridized carbons (Fsp3) is 0.538. The van der Waals surface area contributed by atoms with Crippen LogP contribution < -0.4 is 5.73 Å². The second kappa shape index (κ2) is 12.1. The van der Waals surface area contributed by atoms with Gasteiger partial charge >= 0.3 is 0 Å². The summed E-state index contributed by atoms with van der Waals surface area (Å²) in [6, 6.07) is 7.49. The molecule has 0 saturated heterocycles. The zero-order valence-electron chi connectivity index (χ0n) is 10.7. The van der Waals surface area contributed by atoms with Crippen molar-refractivity contribution in [2.45, 2.75) is 33.3 Å². The van der Waals surface area contributed by atoms with E-state index in [1.54, 1.807) is 0 Å². The normalized spacial score (nSPS) is 10.4. The molecule has 1 aromatic rings. The van der Waals surface area contributed by atoms with Crippen molar-refractivity contribution in [3.8, 4) is 0 Å². The Kier molecular flexibility index (Phi) is 13.3. The minimum Gasteiger partial charge on any atom is -0.388 e. The highest BCUT2D eigenvalue weighted by Gasteiger charge is 2.05. The predicted molar refractivity (Wildman–Crippen MR) is 68.2 cm³/mol. The van der Waals surface area contributed by atoms with Gasteiger partial charge in [0.1, 0.15) is 0 Å². The molecule has 0 bridgehead atoms. The number of halogens is 1. The van der Waals surface area contributed by atoms with Crippen molar-refractivity contribution in [1.29, 1.82) is 0 Å². The van der Waals surface area contributed by atoms with Crippen molar-refractivity contribution in [2.24, 2.45) is 5.73 Å². The minimum atomic E-state index is -0.657. The molecule has 1 rings (SSSR count). The first-order valence-corrected chi connectivity index (χ1v) is 5.62. The monoisotopic (exact) mass is 229 g/mol. The van der Waals surface area contributed by atoms with Crippen molar-refractivity contribution < 1.29 is 9.50 Å². The third-order valence-corrected chi connectivity index (χ3v) is 1.84. The Morgan fingerprint density at radius 1 is 1.19 bits per heavy atom. The van der Waals surface area contributed by atoms with Crippen LogP contribution in [0, 0.1) is 6.92 Å². The van der Waals surface area contributed by atoms with Gasteiger partial charge in [0.2, 0.25) is 0 Å². The standard InChI is InChI=1S/C10H13FO.C2H6.CH5N/c1-8-2-4-9(5-3-8)10(12)6-7-11;2*1-2/h2-5,10,12H,6-7H2,1H3;1-2H3;2H2,1H3.